The molecule has 0 spiro atoms. The van der Waals surface area contributed by atoms with Crippen LogP contribution >= 0.6 is 0 Å². The van der Waals surface area contributed by atoms with Crippen LogP contribution in [0, 0.1) is 0 Å². The van der Waals surface area contributed by atoms with Crippen LogP contribution in [0.2, 0.25) is 0 Å². The van der Waals surface area contributed by atoms with E-state index >= 15 is 0 Å². The second-order valence-electron chi connectivity index (χ2n) is 2.84. The minimum atomic E-state index is 0.504. The van der Waals surface area contributed by atoms with Crippen LogP contribution in [-0.2, 0) is 6.42 Å². The van der Waals surface area contributed by atoms with Gasteiger partial charge in [0, 0.05) is 19.2 Å². The first-order chi connectivity index (χ1) is 6.90. The van der Waals surface area contributed by atoms with Gasteiger partial charge in [0.1, 0.15) is 0 Å². The first-order valence-corrected chi connectivity index (χ1v) is 4.36. The first-order valence-electron chi connectivity index (χ1n) is 4.36. The number of hydrogen-bond acceptors (Lipinski definition) is 5. The topological polar surface area (TPSA) is 79.6 Å². The van der Waals surface area contributed by atoms with Gasteiger partial charge in [0.25, 0.3) is 5.89 Å². The van der Waals surface area contributed by atoms with E-state index in [-0.39, 0.29) is 0 Å². The summed E-state index contributed by atoms with van der Waals surface area (Å²) < 4.78 is 5.41. The van der Waals surface area contributed by atoms with Gasteiger partial charge >= 0.3 is 0 Å². The van der Waals surface area contributed by atoms with Crippen molar-refractivity contribution in [1.82, 2.24) is 25.7 Å². The summed E-state index contributed by atoms with van der Waals surface area (Å²) in [4.78, 5) is 0. The van der Waals surface area contributed by atoms with Crippen molar-refractivity contribution in [1.29, 1.82) is 0 Å². The number of H-pyrrole nitrogens is 1. The average molecular weight is 193 g/mol. The Hall–Kier alpha value is -1.69. The summed E-state index contributed by atoms with van der Waals surface area (Å²) in [5.74, 6) is 1.14. The Kier molecular flexibility index (Phi) is 2.55. The molecule has 0 unspecified atom stereocenters. The van der Waals surface area contributed by atoms with Crippen molar-refractivity contribution in [2.24, 2.45) is 0 Å². The summed E-state index contributed by atoms with van der Waals surface area (Å²) in [5.41, 5.74) is 0.813. The number of likely N-dealkylation sites (N-methyl/N-ethyl adjacent to an activating group) is 1. The molecule has 2 aromatic rings. The van der Waals surface area contributed by atoms with E-state index in [1.165, 1.54) is 0 Å². The predicted octanol–water partition coefficient (Wildman–Crippen LogP) is 0.222. The molecule has 0 aromatic carbocycles. The number of nitrogens with zero attached hydrogens (tertiary/aromatic N) is 3. The predicted molar refractivity (Wildman–Crippen MR) is 49.5 cm³/mol. The molecule has 0 saturated heterocycles. The fraction of sp³-hybridized carbons (Fsp3) is 0.375. The largest absolute Gasteiger partial charge is 0.421 e. The van der Waals surface area contributed by atoms with Crippen molar-refractivity contribution >= 4 is 0 Å². The number of aromatic nitrogens is 4. The Morgan fingerprint density at radius 1 is 1.50 bits per heavy atom. The molecule has 6 heteroatoms. The maximum absolute atomic E-state index is 5.41. The van der Waals surface area contributed by atoms with Crippen molar-refractivity contribution in [2.75, 3.05) is 13.6 Å². The van der Waals surface area contributed by atoms with Crippen LogP contribution in [0.25, 0.3) is 11.5 Å². The zero-order chi connectivity index (χ0) is 9.80. The van der Waals surface area contributed by atoms with Gasteiger partial charge in [-0.1, -0.05) is 0 Å². The third-order valence-electron chi connectivity index (χ3n) is 1.80. The Morgan fingerprint density at radius 3 is 3.14 bits per heavy atom. The van der Waals surface area contributed by atoms with Crippen LogP contribution < -0.4 is 5.32 Å². The van der Waals surface area contributed by atoms with E-state index in [1.54, 1.807) is 12.4 Å². The number of aromatic amines is 1. The standard InChI is InChI=1S/C8H11N5O/c1-9-3-2-7-12-13-8(14-7)6-4-10-11-5-6/h4-5,9H,2-3H2,1H3,(H,10,11). The van der Waals surface area contributed by atoms with E-state index in [9.17, 15) is 0 Å². The summed E-state index contributed by atoms with van der Waals surface area (Å²) >= 11 is 0. The molecule has 0 aliphatic rings. The van der Waals surface area contributed by atoms with Crippen LogP contribution in [0.4, 0.5) is 0 Å². The molecule has 2 rings (SSSR count). The van der Waals surface area contributed by atoms with Crippen LogP contribution in [0.3, 0.4) is 0 Å². The van der Waals surface area contributed by atoms with Crippen LogP contribution in [0.15, 0.2) is 16.8 Å². The summed E-state index contributed by atoms with van der Waals surface area (Å²) in [6.45, 7) is 0.826. The highest BCUT2D eigenvalue weighted by molar-refractivity contribution is 5.48. The minimum absolute atomic E-state index is 0.504. The highest BCUT2D eigenvalue weighted by Gasteiger charge is 2.08. The van der Waals surface area contributed by atoms with Gasteiger partial charge in [-0.15, -0.1) is 10.2 Å². The van der Waals surface area contributed by atoms with E-state index in [1.807, 2.05) is 7.05 Å². The van der Waals surface area contributed by atoms with Crippen LogP contribution in [-0.4, -0.2) is 34.0 Å². The van der Waals surface area contributed by atoms with Gasteiger partial charge in [0.15, 0.2) is 0 Å². The number of rotatable bonds is 4. The van der Waals surface area contributed by atoms with Crippen molar-refractivity contribution in [2.45, 2.75) is 6.42 Å². The van der Waals surface area contributed by atoms with Crippen LogP contribution in [0.5, 0.6) is 0 Å². The third kappa shape index (κ3) is 1.80. The Balaban J connectivity index is 2.10. The lowest BCUT2D eigenvalue weighted by atomic mass is 10.4. The maximum Gasteiger partial charge on any atom is 0.250 e. The van der Waals surface area contributed by atoms with E-state index in [0.29, 0.717) is 11.8 Å². The van der Waals surface area contributed by atoms with Gasteiger partial charge in [-0.2, -0.15) is 5.10 Å². The van der Waals surface area contributed by atoms with Gasteiger partial charge < -0.3 is 9.73 Å². The van der Waals surface area contributed by atoms with Gasteiger partial charge in [0.05, 0.1) is 11.8 Å². The monoisotopic (exact) mass is 193 g/mol. The molecule has 0 aliphatic carbocycles. The van der Waals surface area contributed by atoms with Gasteiger partial charge in [-0.3, -0.25) is 5.10 Å². The summed E-state index contributed by atoms with van der Waals surface area (Å²) in [6.07, 6.45) is 4.10. The molecule has 14 heavy (non-hydrogen) atoms. The van der Waals surface area contributed by atoms with Crippen molar-refractivity contribution in [3.8, 4) is 11.5 Å². The van der Waals surface area contributed by atoms with Crippen LogP contribution in [0.1, 0.15) is 5.89 Å². The van der Waals surface area contributed by atoms with E-state index in [2.05, 4.69) is 25.7 Å². The zero-order valence-corrected chi connectivity index (χ0v) is 7.82. The highest BCUT2D eigenvalue weighted by Crippen LogP contribution is 2.15. The SMILES string of the molecule is CNCCc1nnc(-c2cn[nH]c2)o1. The smallest absolute Gasteiger partial charge is 0.250 e. The molecule has 2 heterocycles. The number of nitrogens with one attached hydrogen (secondary N) is 2. The quantitative estimate of drug-likeness (QED) is 0.726. The maximum atomic E-state index is 5.41. The Bertz CT molecular complexity index is 380. The van der Waals surface area contributed by atoms with Crippen molar-refractivity contribution in [3.05, 3.63) is 18.3 Å². The first kappa shape index (κ1) is 8.89. The molecule has 0 aliphatic heterocycles. The molecule has 0 bridgehead atoms. The molecule has 2 N–H and O–H groups in total. The second-order valence-corrected chi connectivity index (χ2v) is 2.84. The lowest BCUT2D eigenvalue weighted by molar-refractivity contribution is 0.500. The molecule has 6 nitrogen and oxygen atoms in total. The third-order valence-corrected chi connectivity index (χ3v) is 1.80. The lowest BCUT2D eigenvalue weighted by Gasteiger charge is -1.91. The fourth-order valence-electron chi connectivity index (χ4n) is 1.07. The molecule has 74 valence electrons. The summed E-state index contributed by atoms with van der Waals surface area (Å²) in [6, 6.07) is 0. The van der Waals surface area contributed by atoms with Gasteiger partial charge in [-0.05, 0) is 7.05 Å². The molecule has 0 saturated carbocycles. The molecule has 2 aromatic heterocycles. The Morgan fingerprint density at radius 2 is 2.43 bits per heavy atom. The van der Waals surface area contributed by atoms with Crippen molar-refractivity contribution in [3.63, 3.8) is 0 Å². The number of hydrogen-bond donors (Lipinski definition) is 2. The summed E-state index contributed by atoms with van der Waals surface area (Å²) in [5, 5.41) is 17.3. The highest BCUT2D eigenvalue weighted by atomic mass is 16.4. The molecule has 0 fully saturated rings. The normalized spacial score (nSPS) is 10.6. The molecule has 0 atom stereocenters. The van der Waals surface area contributed by atoms with E-state index in [0.717, 1.165) is 18.5 Å². The fourth-order valence-corrected chi connectivity index (χ4v) is 1.07. The summed E-state index contributed by atoms with van der Waals surface area (Å²) in [7, 11) is 1.88. The average Bonchev–Trinajstić information content (AvgIpc) is 2.85. The Labute approximate surface area is 80.7 Å². The zero-order valence-electron chi connectivity index (χ0n) is 7.82. The minimum Gasteiger partial charge on any atom is -0.421 e. The molecular formula is C8H11N5O. The molecule has 0 radical (unpaired) electrons. The van der Waals surface area contributed by atoms with E-state index < -0.39 is 0 Å². The lowest BCUT2D eigenvalue weighted by Crippen LogP contribution is -2.10. The van der Waals surface area contributed by atoms with E-state index in [4.69, 9.17) is 4.42 Å². The van der Waals surface area contributed by atoms with Gasteiger partial charge in [-0.25, -0.2) is 0 Å². The molecular weight excluding hydrogens is 182 g/mol. The van der Waals surface area contributed by atoms with Gasteiger partial charge in [0.2, 0.25) is 5.89 Å². The second kappa shape index (κ2) is 4.01. The molecule has 0 amide bonds. The van der Waals surface area contributed by atoms with Crippen molar-refractivity contribution < 1.29 is 4.42 Å².